The molecule has 0 aromatic carbocycles. The number of ether oxygens (including phenoxy) is 2. The van der Waals surface area contributed by atoms with Crippen molar-refractivity contribution in [3.8, 4) is 23.7 Å². The molecular formula is C20H28O8. The van der Waals surface area contributed by atoms with Crippen LogP contribution in [0.5, 0.6) is 0 Å². The Morgan fingerprint density at radius 3 is 2.25 bits per heavy atom. The van der Waals surface area contributed by atoms with Gasteiger partial charge in [0.05, 0.1) is 19.3 Å². The Kier molecular flexibility index (Phi) is 12.4. The van der Waals surface area contributed by atoms with E-state index >= 15 is 0 Å². The summed E-state index contributed by atoms with van der Waals surface area (Å²) in [5.74, 6) is 10.6. The predicted octanol–water partition coefficient (Wildman–Crippen LogP) is -1.55. The van der Waals surface area contributed by atoms with Crippen molar-refractivity contribution in [2.75, 3.05) is 19.8 Å². The molecule has 6 atom stereocenters. The molecule has 1 aliphatic rings. The molecule has 6 N–H and O–H groups in total. The van der Waals surface area contributed by atoms with Crippen LogP contribution in [0, 0.1) is 23.7 Å². The van der Waals surface area contributed by atoms with Crippen molar-refractivity contribution in [1.29, 1.82) is 0 Å². The van der Waals surface area contributed by atoms with Gasteiger partial charge in [-0.25, -0.2) is 0 Å². The van der Waals surface area contributed by atoms with Gasteiger partial charge in [-0.3, -0.25) is 0 Å². The number of aliphatic hydroxyl groups is 6. The molecule has 0 amide bonds. The van der Waals surface area contributed by atoms with Gasteiger partial charge in [0.15, 0.2) is 6.29 Å². The first-order valence-electron chi connectivity index (χ1n) is 9.03. The largest absolute Gasteiger partial charge is 0.396 e. The molecule has 0 aliphatic carbocycles. The van der Waals surface area contributed by atoms with Gasteiger partial charge in [-0.05, 0) is 43.3 Å². The number of hydrogen-bond acceptors (Lipinski definition) is 8. The van der Waals surface area contributed by atoms with Crippen molar-refractivity contribution in [1.82, 2.24) is 0 Å². The first-order chi connectivity index (χ1) is 13.5. The highest BCUT2D eigenvalue weighted by Gasteiger charge is 2.43. The molecule has 0 spiro atoms. The second-order valence-corrected chi connectivity index (χ2v) is 6.12. The molecule has 1 fully saturated rings. The van der Waals surface area contributed by atoms with Crippen molar-refractivity contribution in [3.63, 3.8) is 0 Å². The molecule has 0 unspecified atom stereocenters. The van der Waals surface area contributed by atoms with Crippen LogP contribution in [0.2, 0.25) is 0 Å². The van der Waals surface area contributed by atoms with Crippen molar-refractivity contribution < 1.29 is 40.1 Å². The summed E-state index contributed by atoms with van der Waals surface area (Å²) in [7, 11) is 0. The van der Waals surface area contributed by atoms with Gasteiger partial charge in [-0.2, -0.15) is 0 Å². The summed E-state index contributed by atoms with van der Waals surface area (Å²) in [6.45, 7) is -0.495. The number of rotatable bonds is 9. The van der Waals surface area contributed by atoms with Gasteiger partial charge in [0.2, 0.25) is 0 Å². The highest BCUT2D eigenvalue weighted by atomic mass is 16.7. The van der Waals surface area contributed by atoms with Gasteiger partial charge in [0.25, 0.3) is 0 Å². The Morgan fingerprint density at radius 2 is 1.61 bits per heavy atom. The molecule has 1 rings (SSSR count). The smallest absolute Gasteiger partial charge is 0.187 e. The predicted molar refractivity (Wildman–Crippen MR) is 100 cm³/mol. The molecule has 0 saturated carbocycles. The maximum atomic E-state index is 9.80. The third-order valence-corrected chi connectivity index (χ3v) is 3.94. The molecule has 0 aromatic heterocycles. The van der Waals surface area contributed by atoms with Crippen LogP contribution in [0.15, 0.2) is 24.3 Å². The van der Waals surface area contributed by atoms with Gasteiger partial charge in [0.1, 0.15) is 24.4 Å². The van der Waals surface area contributed by atoms with Gasteiger partial charge >= 0.3 is 0 Å². The van der Waals surface area contributed by atoms with Crippen molar-refractivity contribution in [2.24, 2.45) is 0 Å². The Hall–Kier alpha value is -1.72. The van der Waals surface area contributed by atoms with Crippen molar-refractivity contribution in [2.45, 2.75) is 56.1 Å². The molecule has 156 valence electrons. The molecule has 1 aliphatic heterocycles. The van der Waals surface area contributed by atoms with E-state index in [-0.39, 0.29) is 13.2 Å². The summed E-state index contributed by atoms with van der Waals surface area (Å²) in [6.07, 6.45) is 1.14. The molecule has 1 heterocycles. The van der Waals surface area contributed by atoms with E-state index in [2.05, 4.69) is 23.7 Å². The molecule has 8 nitrogen and oxygen atoms in total. The summed E-state index contributed by atoms with van der Waals surface area (Å²) in [5.41, 5.74) is 0. The molecule has 8 heteroatoms. The normalized spacial score (nSPS) is 28.6. The zero-order valence-electron chi connectivity index (χ0n) is 15.5. The lowest BCUT2D eigenvalue weighted by Gasteiger charge is -2.39. The number of hydrogen-bond donors (Lipinski definition) is 6. The lowest BCUT2D eigenvalue weighted by atomic mass is 9.99. The monoisotopic (exact) mass is 396 g/mol. The maximum Gasteiger partial charge on any atom is 0.187 e. The summed E-state index contributed by atoms with van der Waals surface area (Å²) in [4.78, 5) is 0. The Bertz CT molecular complexity index is 607. The van der Waals surface area contributed by atoms with Crippen LogP contribution >= 0.6 is 0 Å². The maximum absolute atomic E-state index is 9.80. The van der Waals surface area contributed by atoms with Gasteiger partial charge < -0.3 is 40.1 Å². The SMILES string of the molecule is OCC[C@H](O)CC/C=C/C#CC#C/C=C/CO[C@@H]1O[C@H](CO)[C@@H](O)[C@H](O)[C@H]1O. The summed E-state index contributed by atoms with van der Waals surface area (Å²) in [5, 5.41) is 56.3. The van der Waals surface area contributed by atoms with Crippen LogP contribution in [-0.2, 0) is 9.47 Å². The van der Waals surface area contributed by atoms with E-state index in [4.69, 9.17) is 19.7 Å². The van der Waals surface area contributed by atoms with E-state index in [1.165, 1.54) is 6.08 Å². The number of aliphatic hydroxyl groups excluding tert-OH is 6. The fourth-order valence-electron chi connectivity index (χ4n) is 2.34. The van der Waals surface area contributed by atoms with Gasteiger partial charge in [-0.1, -0.05) is 24.0 Å². The van der Waals surface area contributed by atoms with E-state index in [0.29, 0.717) is 19.3 Å². The van der Waals surface area contributed by atoms with Crippen LogP contribution in [0.4, 0.5) is 0 Å². The topological polar surface area (TPSA) is 140 Å². The molecule has 0 aromatic rings. The van der Waals surface area contributed by atoms with E-state index in [1.807, 2.05) is 6.08 Å². The summed E-state index contributed by atoms with van der Waals surface area (Å²) >= 11 is 0. The van der Waals surface area contributed by atoms with E-state index in [9.17, 15) is 20.4 Å². The third-order valence-electron chi connectivity index (χ3n) is 3.94. The Morgan fingerprint density at radius 1 is 0.929 bits per heavy atom. The highest BCUT2D eigenvalue weighted by molar-refractivity contribution is 5.33. The van der Waals surface area contributed by atoms with Crippen molar-refractivity contribution in [3.05, 3.63) is 24.3 Å². The summed E-state index contributed by atoms with van der Waals surface area (Å²) in [6, 6.07) is 0. The molecule has 28 heavy (non-hydrogen) atoms. The minimum Gasteiger partial charge on any atom is -0.396 e. The lowest BCUT2D eigenvalue weighted by Crippen LogP contribution is -2.59. The van der Waals surface area contributed by atoms with Crippen molar-refractivity contribution >= 4 is 0 Å². The van der Waals surface area contributed by atoms with E-state index in [0.717, 1.165) is 0 Å². The average molecular weight is 396 g/mol. The number of allylic oxidation sites excluding steroid dienone is 3. The Labute approximate surface area is 164 Å². The summed E-state index contributed by atoms with van der Waals surface area (Å²) < 4.78 is 10.5. The second-order valence-electron chi connectivity index (χ2n) is 6.12. The van der Waals surface area contributed by atoms with Crippen LogP contribution in [0.1, 0.15) is 19.3 Å². The zero-order valence-corrected chi connectivity index (χ0v) is 15.5. The second kappa shape index (κ2) is 14.3. The first-order valence-corrected chi connectivity index (χ1v) is 9.03. The molecule has 0 radical (unpaired) electrons. The average Bonchev–Trinajstić information content (AvgIpc) is 2.68. The Balaban J connectivity index is 2.27. The van der Waals surface area contributed by atoms with Crippen LogP contribution in [-0.4, -0.2) is 87.3 Å². The van der Waals surface area contributed by atoms with Gasteiger partial charge in [0, 0.05) is 6.61 Å². The third kappa shape index (κ3) is 8.98. The van der Waals surface area contributed by atoms with E-state index in [1.54, 1.807) is 12.2 Å². The standard InChI is InChI=1S/C20H28O8/c21-12-11-15(23)10-8-6-4-2-1-3-5-7-9-13-27-20-19(26)18(25)17(24)16(14-22)28-20/h4,6-7,9,15-26H,8,10-14H2/b6-4+,9-7+/t15-,16-,17-,18+,19-,20-/m1/s1. The van der Waals surface area contributed by atoms with Crippen LogP contribution < -0.4 is 0 Å². The highest BCUT2D eigenvalue weighted by Crippen LogP contribution is 2.21. The first kappa shape index (κ1) is 24.3. The molecule has 0 bridgehead atoms. The minimum absolute atomic E-state index is 0.0264. The van der Waals surface area contributed by atoms with Crippen LogP contribution in [0.3, 0.4) is 0 Å². The lowest BCUT2D eigenvalue weighted by molar-refractivity contribution is -0.298. The minimum atomic E-state index is -1.47. The fourth-order valence-corrected chi connectivity index (χ4v) is 2.34. The fraction of sp³-hybridized carbons (Fsp3) is 0.600. The van der Waals surface area contributed by atoms with Crippen LogP contribution in [0.25, 0.3) is 0 Å². The van der Waals surface area contributed by atoms with Gasteiger partial charge in [-0.15, -0.1) is 0 Å². The molecular weight excluding hydrogens is 368 g/mol. The molecule has 1 saturated heterocycles. The van der Waals surface area contributed by atoms with E-state index < -0.39 is 43.4 Å². The quantitative estimate of drug-likeness (QED) is 0.257. The zero-order chi connectivity index (χ0) is 20.8.